The quantitative estimate of drug-likeness (QED) is 0.0399. The van der Waals surface area contributed by atoms with E-state index < -0.39 is 28.8 Å². The van der Waals surface area contributed by atoms with Crippen molar-refractivity contribution in [1.82, 2.24) is 9.47 Å². The first kappa shape index (κ1) is 38.8. The average Bonchev–Trinajstić information content (AvgIpc) is 3.73. The summed E-state index contributed by atoms with van der Waals surface area (Å²) in [5, 5.41) is 25.3. The molecule has 2 aromatic rings. The highest BCUT2D eigenvalue weighted by Crippen LogP contribution is 2.40. The van der Waals surface area contributed by atoms with Crippen molar-refractivity contribution < 1.29 is 47.7 Å². The van der Waals surface area contributed by atoms with E-state index in [-0.39, 0.29) is 81.8 Å². The lowest BCUT2D eigenvalue weighted by Crippen LogP contribution is -2.41. The van der Waals surface area contributed by atoms with Gasteiger partial charge in [-0.25, -0.2) is 0 Å². The van der Waals surface area contributed by atoms with Gasteiger partial charge in [-0.3, -0.25) is 29.1 Å². The first-order chi connectivity index (χ1) is 25.0. The van der Waals surface area contributed by atoms with Crippen molar-refractivity contribution in [2.24, 2.45) is 5.92 Å². The third kappa shape index (κ3) is 8.30. The average molecular weight is 761 g/mol. The minimum atomic E-state index is -0.832. The van der Waals surface area contributed by atoms with E-state index in [4.69, 9.17) is 23.7 Å². The molecule has 1 aromatic carbocycles. The van der Waals surface area contributed by atoms with Crippen LogP contribution in [0.2, 0.25) is 0 Å². The fourth-order valence-corrected chi connectivity index (χ4v) is 9.64. The number of esters is 1. The van der Waals surface area contributed by atoms with Crippen LogP contribution < -0.4 is 18.9 Å². The van der Waals surface area contributed by atoms with Crippen LogP contribution in [0.5, 0.6) is 23.0 Å². The summed E-state index contributed by atoms with van der Waals surface area (Å²) in [5.74, 6) is 0.433. The number of methoxy groups -OCH3 is 2. The Morgan fingerprint density at radius 2 is 1.79 bits per heavy atom. The van der Waals surface area contributed by atoms with E-state index >= 15 is 0 Å². The van der Waals surface area contributed by atoms with Gasteiger partial charge in [-0.2, -0.15) is 4.74 Å². The first-order valence-electron chi connectivity index (χ1n) is 17.2. The predicted octanol–water partition coefficient (Wildman–Crippen LogP) is 5.51. The molecule has 15 nitrogen and oxygen atoms in total. The first-order valence-corrected chi connectivity index (χ1v) is 19.3. The summed E-state index contributed by atoms with van der Waals surface area (Å²) in [7, 11) is 2.81. The van der Waals surface area contributed by atoms with Crippen molar-refractivity contribution in [1.29, 1.82) is 0 Å². The second-order valence-corrected chi connectivity index (χ2v) is 15.4. The molecule has 0 bridgehead atoms. The number of amides is 1. The Hall–Kier alpha value is -4.38. The Kier molecular flexibility index (Phi) is 13.0. The molecule has 282 valence electrons. The van der Waals surface area contributed by atoms with E-state index in [1.807, 2.05) is 0 Å². The van der Waals surface area contributed by atoms with Gasteiger partial charge in [0.2, 0.25) is 17.8 Å². The number of nitrogens with zero attached hydrogens (tertiary/aromatic N) is 4. The summed E-state index contributed by atoms with van der Waals surface area (Å²) in [5.41, 5.74) is 0.0724. The van der Waals surface area contributed by atoms with Crippen LogP contribution in [-0.4, -0.2) is 105 Å². The van der Waals surface area contributed by atoms with Crippen LogP contribution >= 0.6 is 23.5 Å². The molecule has 17 heteroatoms. The van der Waals surface area contributed by atoms with Gasteiger partial charge < -0.3 is 33.8 Å². The molecule has 2 unspecified atom stereocenters. The Morgan fingerprint density at radius 3 is 2.42 bits per heavy atom. The van der Waals surface area contributed by atoms with Gasteiger partial charge in [0.05, 0.1) is 55.2 Å². The van der Waals surface area contributed by atoms with Gasteiger partial charge in [-0.05, 0) is 30.4 Å². The van der Waals surface area contributed by atoms with Crippen LogP contribution in [0.1, 0.15) is 73.7 Å². The topological polar surface area (TPSA) is 175 Å². The van der Waals surface area contributed by atoms with E-state index in [9.17, 15) is 29.7 Å². The number of nitro groups is 1. The lowest BCUT2D eigenvalue weighted by molar-refractivity contribution is -0.404. The molecule has 3 atom stereocenters. The summed E-state index contributed by atoms with van der Waals surface area (Å²) in [6, 6.07) is 2.57. The van der Waals surface area contributed by atoms with Gasteiger partial charge in [-0.15, -0.1) is 23.5 Å². The smallest absolute Gasteiger partial charge is 0.302 e. The number of rotatable bonds is 16. The molecule has 3 aliphatic rings. The minimum Gasteiger partial charge on any atom is -0.618 e. The zero-order valence-electron chi connectivity index (χ0n) is 29.9. The molecule has 1 aromatic heterocycles. The Morgan fingerprint density at radius 1 is 1.08 bits per heavy atom. The van der Waals surface area contributed by atoms with Crippen molar-refractivity contribution in [3.05, 3.63) is 56.7 Å². The number of thioether (sulfide) groups is 2. The number of hydroxylamine groups is 1. The van der Waals surface area contributed by atoms with E-state index in [0.29, 0.717) is 24.1 Å². The molecule has 0 spiro atoms. The molecular weight excluding hydrogens is 717 g/mol. The Labute approximate surface area is 310 Å². The van der Waals surface area contributed by atoms with E-state index in [1.54, 1.807) is 34.5 Å². The molecule has 1 amide bonds. The minimum absolute atomic E-state index is 0.0325. The number of nitro benzene ring substituents is 1. The molecule has 1 fully saturated rings. The number of likely N-dealkylation sites (tertiary alicyclic amines) is 1. The van der Waals surface area contributed by atoms with E-state index in [1.165, 1.54) is 50.3 Å². The number of benzene rings is 1. The van der Waals surface area contributed by atoms with Gasteiger partial charge in [0.25, 0.3) is 11.6 Å². The van der Waals surface area contributed by atoms with E-state index in [0.717, 1.165) is 24.3 Å². The lowest BCUT2D eigenvalue weighted by atomic mass is 9.89. The number of carbonyl (C=O) groups is 3. The summed E-state index contributed by atoms with van der Waals surface area (Å²) in [4.78, 5) is 52.4. The van der Waals surface area contributed by atoms with Gasteiger partial charge in [-0.1, -0.05) is 13.8 Å². The summed E-state index contributed by atoms with van der Waals surface area (Å²) < 4.78 is 30.3. The fraction of sp³-hybridized carbons (Fsp3) is 0.543. The van der Waals surface area contributed by atoms with Crippen LogP contribution in [0.25, 0.3) is 0 Å². The number of hydrogen-bond donors (Lipinski definition) is 0. The molecule has 1 saturated heterocycles. The second-order valence-electron chi connectivity index (χ2n) is 12.3. The number of carbonyl (C=O) groups excluding carboxylic acids is 3. The van der Waals surface area contributed by atoms with Crippen LogP contribution in [0, 0.1) is 21.2 Å². The number of ether oxygens (including phenoxy) is 5. The highest BCUT2D eigenvalue weighted by Gasteiger charge is 2.42. The van der Waals surface area contributed by atoms with Crippen molar-refractivity contribution >= 4 is 53.2 Å². The molecule has 5 rings (SSSR count). The maximum Gasteiger partial charge on any atom is 0.302 e. The van der Waals surface area contributed by atoms with Gasteiger partial charge in [0.1, 0.15) is 17.6 Å². The lowest BCUT2D eigenvalue weighted by Gasteiger charge is -2.31. The Balaban J connectivity index is 1.26. The van der Waals surface area contributed by atoms with Crippen molar-refractivity contribution in [2.75, 3.05) is 45.5 Å². The van der Waals surface area contributed by atoms with Gasteiger partial charge in [0.15, 0.2) is 28.7 Å². The molecule has 0 radical (unpaired) electrons. The molecule has 0 N–H and O–H groups in total. The number of allylic oxidation sites excluding steroid dienone is 1. The molecule has 1 aliphatic carbocycles. The highest BCUT2D eigenvalue weighted by atomic mass is 32.2. The van der Waals surface area contributed by atoms with Crippen LogP contribution in [0.4, 0.5) is 5.69 Å². The molecule has 52 heavy (non-hydrogen) atoms. The van der Waals surface area contributed by atoms with Crippen LogP contribution in [0.3, 0.4) is 0 Å². The highest BCUT2D eigenvalue weighted by molar-refractivity contribution is 8.17. The number of aromatic nitrogens is 1. The molecule has 2 aliphatic heterocycles. The molecule has 3 heterocycles. The maximum atomic E-state index is 13.8. The standard InChI is InChI=1S/C35H44N4O11S2/c1-6-51-35(52-7-2)26-10-8-13-36(26)33(41)24-17-29(46-4)30(18-27(24)39(44)45)48-14-9-15-49-31-20-37-28(32(31)47-5)19-38(43)25-12-11-22(50-21(3)40)16-23(25)34(37)42/h12,17-20,22-23,26,35H,6-11,13-16H2,1-5H3/t22?,23?,26-/m0/s1. The number of hydrogen-bond acceptors (Lipinski definition) is 13. The predicted molar refractivity (Wildman–Crippen MR) is 196 cm³/mol. The second kappa shape index (κ2) is 17.4. The third-order valence-electron chi connectivity index (χ3n) is 9.02. The summed E-state index contributed by atoms with van der Waals surface area (Å²) in [6.07, 6.45) is 6.27. The van der Waals surface area contributed by atoms with E-state index in [2.05, 4.69) is 13.8 Å². The summed E-state index contributed by atoms with van der Waals surface area (Å²) in [6.45, 7) is 6.16. The van der Waals surface area contributed by atoms with Crippen LogP contribution in [0.15, 0.2) is 30.1 Å². The SMILES string of the molecule is CCSC(SCC)[C@@H]1CCCN1C(=O)c1cc(OC)c(OCCCOc2cn3c(c2OC)C=[N+]([O-])C2=CCC(OC(C)=O)CC2C3=O)cc1[N+](=O)[O-]. The zero-order chi connectivity index (χ0) is 37.5. The number of fused-ring (bicyclic) bond motifs is 2. The zero-order valence-corrected chi connectivity index (χ0v) is 31.5. The third-order valence-corrected chi connectivity index (χ3v) is 11.8. The maximum absolute atomic E-state index is 13.8. The summed E-state index contributed by atoms with van der Waals surface area (Å²) >= 11 is 3.58. The van der Waals surface area contributed by atoms with Crippen molar-refractivity contribution in [3.63, 3.8) is 0 Å². The van der Waals surface area contributed by atoms with Crippen molar-refractivity contribution in [2.45, 2.75) is 69.6 Å². The molecule has 0 saturated carbocycles. The fourth-order valence-electron chi connectivity index (χ4n) is 6.77. The monoisotopic (exact) mass is 760 g/mol. The van der Waals surface area contributed by atoms with Gasteiger partial charge >= 0.3 is 5.97 Å². The largest absolute Gasteiger partial charge is 0.618 e. The van der Waals surface area contributed by atoms with Gasteiger partial charge in [0, 0.05) is 38.8 Å². The normalized spacial score (nSPS) is 19.6. The van der Waals surface area contributed by atoms with Crippen LogP contribution in [-0.2, 0) is 9.53 Å². The molecular formula is C35H44N4O11S2. The Bertz CT molecular complexity index is 1740. The van der Waals surface area contributed by atoms with Crippen molar-refractivity contribution in [3.8, 4) is 23.0 Å².